The van der Waals surface area contributed by atoms with Crippen molar-refractivity contribution in [1.82, 2.24) is 35.3 Å². The second-order valence-electron chi connectivity index (χ2n) is 8.45. The number of likely N-dealkylation sites (N-methyl/N-ethyl adjacent to an activating group) is 1. The van der Waals surface area contributed by atoms with E-state index in [-0.39, 0.29) is 30.0 Å². The number of guanidine groups is 1. The lowest BCUT2D eigenvalue weighted by Gasteiger charge is -2.33. The molecule has 2 aromatic heterocycles. The number of anilines is 1. The van der Waals surface area contributed by atoms with Gasteiger partial charge in [0.15, 0.2) is 11.8 Å². The minimum Gasteiger partial charge on any atom is -0.377 e. The SMILES string of the molecule is CCNC(=NCc1ccnc(N2CCN(C)CC2)c1)NC1CCc2nc(COC)nn2C1.I. The number of aliphatic imine (C=N–C) groups is 1. The predicted molar refractivity (Wildman–Crippen MR) is 140 cm³/mol. The Labute approximate surface area is 213 Å². The van der Waals surface area contributed by atoms with Gasteiger partial charge in [-0.3, -0.25) is 0 Å². The molecule has 2 aliphatic heterocycles. The van der Waals surface area contributed by atoms with Crippen molar-refractivity contribution in [2.45, 2.75) is 45.5 Å². The molecular weight excluding hydrogens is 533 g/mol. The van der Waals surface area contributed by atoms with Crippen molar-refractivity contribution in [3.05, 3.63) is 35.5 Å². The molecule has 10 nitrogen and oxygen atoms in total. The van der Waals surface area contributed by atoms with Gasteiger partial charge in [0.05, 0.1) is 13.1 Å². The standard InChI is InChI=1S/C22H35N9O.HI/c1-4-23-22(26-18-5-6-20-27-19(16-32-3)28-31(20)15-18)25-14-17-7-8-24-21(13-17)30-11-9-29(2)10-12-30;/h7-8,13,18H,4-6,9-12,14-16H2,1-3H3,(H2,23,25,26);1H. The summed E-state index contributed by atoms with van der Waals surface area (Å²) in [5.41, 5.74) is 1.16. The van der Waals surface area contributed by atoms with Gasteiger partial charge in [0.1, 0.15) is 18.2 Å². The largest absolute Gasteiger partial charge is 0.377 e. The van der Waals surface area contributed by atoms with Crippen LogP contribution in [0.25, 0.3) is 0 Å². The number of fused-ring (bicyclic) bond motifs is 1. The van der Waals surface area contributed by atoms with Crippen LogP contribution in [0.4, 0.5) is 5.82 Å². The van der Waals surface area contributed by atoms with Crippen LogP contribution in [0.3, 0.4) is 0 Å². The zero-order valence-electron chi connectivity index (χ0n) is 19.8. The van der Waals surface area contributed by atoms with Crippen molar-refractivity contribution >= 4 is 35.8 Å². The van der Waals surface area contributed by atoms with E-state index in [2.05, 4.69) is 55.5 Å². The molecule has 2 aliphatic rings. The molecule has 1 fully saturated rings. The topological polar surface area (TPSA) is 95.7 Å². The van der Waals surface area contributed by atoms with E-state index in [0.717, 1.165) is 81.1 Å². The molecule has 0 saturated carbocycles. The fraction of sp³-hybridized carbons (Fsp3) is 0.636. The number of pyridine rings is 1. The highest BCUT2D eigenvalue weighted by Crippen LogP contribution is 2.16. The van der Waals surface area contributed by atoms with Gasteiger partial charge in [-0.2, -0.15) is 5.10 Å². The van der Waals surface area contributed by atoms with Gasteiger partial charge in [-0.15, -0.1) is 24.0 Å². The molecule has 4 rings (SSSR count). The summed E-state index contributed by atoms with van der Waals surface area (Å²) in [6, 6.07) is 4.47. The van der Waals surface area contributed by atoms with Crippen LogP contribution in [-0.2, 0) is 30.9 Å². The zero-order valence-corrected chi connectivity index (χ0v) is 22.2. The number of rotatable bonds is 7. The van der Waals surface area contributed by atoms with Gasteiger partial charge >= 0.3 is 0 Å². The third kappa shape index (κ3) is 7.00. The maximum Gasteiger partial charge on any atom is 0.191 e. The highest BCUT2D eigenvalue weighted by atomic mass is 127. The van der Waals surface area contributed by atoms with Gasteiger partial charge < -0.3 is 25.2 Å². The van der Waals surface area contributed by atoms with Crippen LogP contribution >= 0.6 is 24.0 Å². The molecule has 0 aromatic carbocycles. The summed E-state index contributed by atoms with van der Waals surface area (Å²) in [5.74, 6) is 3.65. The van der Waals surface area contributed by atoms with E-state index in [4.69, 9.17) is 9.73 Å². The Balaban J connectivity index is 0.00000306. The molecule has 0 spiro atoms. The minimum absolute atomic E-state index is 0. The van der Waals surface area contributed by atoms with E-state index in [1.165, 1.54) is 0 Å². The first-order valence-electron chi connectivity index (χ1n) is 11.5. The van der Waals surface area contributed by atoms with E-state index < -0.39 is 0 Å². The number of aryl methyl sites for hydroxylation is 1. The smallest absolute Gasteiger partial charge is 0.191 e. The van der Waals surface area contributed by atoms with E-state index in [1.807, 2.05) is 16.9 Å². The fourth-order valence-corrected chi connectivity index (χ4v) is 4.12. The summed E-state index contributed by atoms with van der Waals surface area (Å²) in [6.45, 7) is 8.90. The van der Waals surface area contributed by atoms with Gasteiger partial charge in [0.25, 0.3) is 0 Å². The molecule has 1 atom stereocenters. The Morgan fingerprint density at radius 2 is 2.09 bits per heavy atom. The van der Waals surface area contributed by atoms with E-state index >= 15 is 0 Å². The van der Waals surface area contributed by atoms with Crippen molar-refractivity contribution in [3.8, 4) is 0 Å². The number of halogens is 1. The highest BCUT2D eigenvalue weighted by molar-refractivity contribution is 14.0. The molecule has 0 amide bonds. The maximum atomic E-state index is 5.16. The van der Waals surface area contributed by atoms with Crippen LogP contribution < -0.4 is 15.5 Å². The molecule has 0 radical (unpaired) electrons. The van der Waals surface area contributed by atoms with Gasteiger partial charge in [0.2, 0.25) is 0 Å². The first-order valence-corrected chi connectivity index (χ1v) is 11.5. The molecule has 1 saturated heterocycles. The number of nitrogens with zero attached hydrogens (tertiary/aromatic N) is 7. The molecule has 1 unspecified atom stereocenters. The van der Waals surface area contributed by atoms with E-state index in [9.17, 15) is 0 Å². The quantitative estimate of drug-likeness (QED) is 0.293. The normalized spacial score (nSPS) is 19.1. The molecule has 0 aliphatic carbocycles. The summed E-state index contributed by atoms with van der Waals surface area (Å²) in [7, 11) is 3.83. The van der Waals surface area contributed by atoms with Crippen LogP contribution in [0.1, 0.15) is 30.6 Å². The number of nitrogens with one attached hydrogen (secondary N) is 2. The number of hydrogen-bond acceptors (Lipinski definition) is 7. The number of methoxy groups -OCH3 is 1. The average Bonchev–Trinajstić information content (AvgIpc) is 3.20. The van der Waals surface area contributed by atoms with Gasteiger partial charge in [-0.1, -0.05) is 0 Å². The van der Waals surface area contributed by atoms with Crippen LogP contribution in [0, 0.1) is 0 Å². The summed E-state index contributed by atoms with van der Waals surface area (Å²) in [5, 5.41) is 11.5. The minimum atomic E-state index is 0. The Kier molecular flexibility index (Phi) is 9.68. The Hall–Kier alpha value is -1.99. The van der Waals surface area contributed by atoms with E-state index in [0.29, 0.717) is 13.2 Å². The second kappa shape index (κ2) is 12.5. The number of piperazine rings is 1. The van der Waals surface area contributed by atoms with Crippen LogP contribution in [0.15, 0.2) is 23.3 Å². The summed E-state index contributed by atoms with van der Waals surface area (Å²) >= 11 is 0. The molecule has 182 valence electrons. The lowest BCUT2D eigenvalue weighted by Crippen LogP contribution is -2.47. The number of ether oxygens (including phenoxy) is 1. The van der Waals surface area contributed by atoms with Crippen molar-refractivity contribution < 1.29 is 4.74 Å². The summed E-state index contributed by atoms with van der Waals surface area (Å²) in [6.07, 6.45) is 3.79. The summed E-state index contributed by atoms with van der Waals surface area (Å²) in [4.78, 5) is 18.7. The zero-order chi connectivity index (χ0) is 22.3. The third-order valence-corrected chi connectivity index (χ3v) is 5.92. The average molecular weight is 569 g/mol. The monoisotopic (exact) mass is 569 g/mol. The summed E-state index contributed by atoms with van der Waals surface area (Å²) < 4.78 is 7.15. The molecule has 2 N–H and O–H groups in total. The lowest BCUT2D eigenvalue weighted by atomic mass is 10.1. The first kappa shape index (κ1) is 25.6. The molecule has 2 aromatic rings. The molecule has 0 bridgehead atoms. The Bertz CT molecular complexity index is 911. The van der Waals surface area contributed by atoms with Crippen LogP contribution in [-0.4, -0.2) is 83.5 Å². The first-order chi connectivity index (χ1) is 15.6. The highest BCUT2D eigenvalue weighted by Gasteiger charge is 2.22. The van der Waals surface area contributed by atoms with Gasteiger partial charge in [-0.25, -0.2) is 19.6 Å². The molecule has 4 heterocycles. The van der Waals surface area contributed by atoms with Gasteiger partial charge in [-0.05, 0) is 38.1 Å². The van der Waals surface area contributed by atoms with Crippen molar-refractivity contribution in [1.29, 1.82) is 0 Å². The number of aromatic nitrogens is 4. The number of hydrogen-bond donors (Lipinski definition) is 2. The van der Waals surface area contributed by atoms with Crippen molar-refractivity contribution in [2.24, 2.45) is 4.99 Å². The van der Waals surface area contributed by atoms with Gasteiger partial charge in [0, 0.05) is 58.5 Å². The third-order valence-electron chi connectivity index (χ3n) is 5.92. The van der Waals surface area contributed by atoms with E-state index in [1.54, 1.807) is 7.11 Å². The van der Waals surface area contributed by atoms with Crippen LogP contribution in [0.2, 0.25) is 0 Å². The Morgan fingerprint density at radius 3 is 2.85 bits per heavy atom. The predicted octanol–water partition coefficient (Wildman–Crippen LogP) is 1.26. The lowest BCUT2D eigenvalue weighted by molar-refractivity contribution is 0.177. The Morgan fingerprint density at radius 1 is 1.27 bits per heavy atom. The van der Waals surface area contributed by atoms with Crippen molar-refractivity contribution in [2.75, 3.05) is 51.8 Å². The fourth-order valence-electron chi connectivity index (χ4n) is 4.12. The second-order valence-corrected chi connectivity index (χ2v) is 8.45. The van der Waals surface area contributed by atoms with Crippen molar-refractivity contribution in [3.63, 3.8) is 0 Å². The molecule has 11 heteroatoms. The maximum absolute atomic E-state index is 5.16. The van der Waals surface area contributed by atoms with Crippen LogP contribution in [0.5, 0.6) is 0 Å². The molecule has 33 heavy (non-hydrogen) atoms. The molecular formula is C22H36IN9O.